The number of hydrogen-bond donors (Lipinski definition) is 0. The van der Waals surface area contributed by atoms with Gasteiger partial charge < -0.3 is 9.47 Å². The second-order valence-corrected chi connectivity index (χ2v) is 3.85. The summed E-state index contributed by atoms with van der Waals surface area (Å²) in [6.07, 6.45) is 2.66. The first kappa shape index (κ1) is 14.8. The lowest BCUT2D eigenvalue weighted by molar-refractivity contribution is -0.0512. The maximum absolute atomic E-state index is 12.2. The molecular weight excluding hydrogens is 262 g/mol. The highest BCUT2D eigenvalue weighted by Crippen LogP contribution is 2.30. The minimum Gasteiger partial charge on any atom is -0.493 e. The predicted octanol–water partition coefficient (Wildman–Crippen LogP) is 4.33. The third-order valence-corrected chi connectivity index (χ3v) is 2.74. The Morgan fingerprint density at radius 2 is 2.11 bits per heavy atom. The highest BCUT2D eigenvalue weighted by Gasteiger charge is 2.10. The van der Waals surface area contributed by atoms with E-state index in [1.165, 1.54) is 13.2 Å². The van der Waals surface area contributed by atoms with Gasteiger partial charge >= 0.3 is 6.61 Å². The van der Waals surface area contributed by atoms with Crippen molar-refractivity contribution < 1.29 is 18.3 Å². The van der Waals surface area contributed by atoms with Gasteiger partial charge in [0.25, 0.3) is 0 Å². The Morgan fingerprint density at radius 3 is 2.61 bits per heavy atom. The zero-order chi connectivity index (χ0) is 13.5. The average molecular weight is 277 g/mol. The molecule has 18 heavy (non-hydrogen) atoms. The fraction of sp³-hybridized carbons (Fsp3) is 0.385. The number of benzene rings is 1. The Labute approximate surface area is 110 Å². The lowest BCUT2D eigenvalue weighted by atomic mass is 10.1. The molecule has 0 amide bonds. The summed E-state index contributed by atoms with van der Waals surface area (Å²) in [5.41, 5.74) is 1.77. The molecule has 1 rings (SSSR count). The molecule has 0 aliphatic rings. The average Bonchev–Trinajstić information content (AvgIpc) is 2.35. The first-order chi connectivity index (χ1) is 8.60. The molecule has 0 radical (unpaired) electrons. The molecule has 5 heteroatoms. The largest absolute Gasteiger partial charge is 0.493 e. The van der Waals surface area contributed by atoms with Crippen LogP contribution in [0.25, 0.3) is 6.08 Å². The van der Waals surface area contributed by atoms with Crippen LogP contribution in [0, 0.1) is 0 Å². The topological polar surface area (TPSA) is 18.5 Å². The van der Waals surface area contributed by atoms with Crippen LogP contribution in [0.15, 0.2) is 23.8 Å². The molecule has 1 aromatic carbocycles. The monoisotopic (exact) mass is 276 g/mol. The molecule has 0 N–H and O–H groups in total. The van der Waals surface area contributed by atoms with E-state index in [0.717, 1.165) is 17.6 Å². The standard InChI is InChI=1S/C13H15ClF2O2/c1-3-9(8-14)6-10-4-5-11(17-2)12(7-10)18-13(15)16/h4-7,13H,3,8H2,1-2H3. The van der Waals surface area contributed by atoms with Crippen LogP contribution >= 0.6 is 11.6 Å². The molecule has 0 fully saturated rings. The van der Waals surface area contributed by atoms with Gasteiger partial charge in [0.2, 0.25) is 0 Å². The summed E-state index contributed by atoms with van der Waals surface area (Å²) in [6, 6.07) is 4.86. The molecule has 2 nitrogen and oxygen atoms in total. The van der Waals surface area contributed by atoms with Crippen molar-refractivity contribution in [2.45, 2.75) is 20.0 Å². The van der Waals surface area contributed by atoms with Crippen LogP contribution in [0.5, 0.6) is 11.5 Å². The normalized spacial score (nSPS) is 11.8. The van der Waals surface area contributed by atoms with Gasteiger partial charge in [0.1, 0.15) is 0 Å². The molecule has 0 saturated carbocycles. The second-order valence-electron chi connectivity index (χ2n) is 3.58. The summed E-state index contributed by atoms with van der Waals surface area (Å²) in [6.45, 7) is -0.897. The van der Waals surface area contributed by atoms with Crippen LogP contribution in [0.3, 0.4) is 0 Å². The van der Waals surface area contributed by atoms with Crippen LogP contribution in [-0.2, 0) is 0 Å². The van der Waals surface area contributed by atoms with E-state index < -0.39 is 6.61 Å². The molecule has 0 aliphatic heterocycles. The Kier molecular flexibility index (Phi) is 5.92. The van der Waals surface area contributed by atoms with Crippen molar-refractivity contribution in [2.75, 3.05) is 13.0 Å². The van der Waals surface area contributed by atoms with Gasteiger partial charge in [-0.3, -0.25) is 0 Å². The van der Waals surface area contributed by atoms with E-state index in [2.05, 4.69) is 4.74 Å². The van der Waals surface area contributed by atoms with Gasteiger partial charge in [-0.1, -0.05) is 24.6 Å². The number of halogens is 3. The minimum atomic E-state index is -2.88. The van der Waals surface area contributed by atoms with Gasteiger partial charge in [0, 0.05) is 5.88 Å². The van der Waals surface area contributed by atoms with Crippen LogP contribution in [-0.4, -0.2) is 19.6 Å². The van der Waals surface area contributed by atoms with Crippen molar-refractivity contribution in [3.05, 3.63) is 29.3 Å². The van der Waals surface area contributed by atoms with E-state index in [-0.39, 0.29) is 11.5 Å². The van der Waals surface area contributed by atoms with Crippen LogP contribution < -0.4 is 9.47 Å². The Morgan fingerprint density at radius 1 is 1.39 bits per heavy atom. The summed E-state index contributed by atoms with van der Waals surface area (Å²) < 4.78 is 33.9. The van der Waals surface area contributed by atoms with Crippen molar-refractivity contribution in [1.82, 2.24) is 0 Å². The van der Waals surface area contributed by atoms with Crippen molar-refractivity contribution in [2.24, 2.45) is 0 Å². The highest BCUT2D eigenvalue weighted by atomic mass is 35.5. The first-order valence-electron chi connectivity index (χ1n) is 5.49. The van der Waals surface area contributed by atoms with Crippen LogP contribution in [0.4, 0.5) is 8.78 Å². The third kappa shape index (κ3) is 4.18. The number of methoxy groups -OCH3 is 1. The molecule has 0 bridgehead atoms. The zero-order valence-electron chi connectivity index (χ0n) is 10.3. The second kappa shape index (κ2) is 7.21. The van der Waals surface area contributed by atoms with E-state index in [4.69, 9.17) is 16.3 Å². The Bertz CT molecular complexity index is 413. The Balaban J connectivity index is 3.05. The summed E-state index contributed by atoms with van der Waals surface area (Å²) >= 11 is 5.76. The van der Waals surface area contributed by atoms with Crippen molar-refractivity contribution >= 4 is 17.7 Å². The summed E-state index contributed by atoms with van der Waals surface area (Å²) in [7, 11) is 1.40. The van der Waals surface area contributed by atoms with Crippen molar-refractivity contribution in [1.29, 1.82) is 0 Å². The van der Waals surface area contributed by atoms with Gasteiger partial charge in [-0.05, 0) is 24.1 Å². The molecule has 0 saturated heterocycles. The van der Waals surface area contributed by atoms with E-state index >= 15 is 0 Å². The zero-order valence-corrected chi connectivity index (χ0v) is 11.0. The molecule has 100 valence electrons. The molecule has 0 unspecified atom stereocenters. The molecule has 0 spiro atoms. The van der Waals surface area contributed by atoms with Crippen molar-refractivity contribution in [3.63, 3.8) is 0 Å². The van der Waals surface area contributed by atoms with Crippen LogP contribution in [0.1, 0.15) is 18.9 Å². The number of hydrogen-bond acceptors (Lipinski definition) is 2. The molecule has 0 aliphatic carbocycles. The van der Waals surface area contributed by atoms with Gasteiger partial charge in [-0.25, -0.2) is 0 Å². The number of allylic oxidation sites excluding steroid dienone is 1. The summed E-state index contributed by atoms with van der Waals surface area (Å²) in [4.78, 5) is 0. The lowest BCUT2D eigenvalue weighted by Crippen LogP contribution is -2.03. The molecular formula is C13H15ClF2O2. The first-order valence-corrected chi connectivity index (χ1v) is 6.02. The van der Waals surface area contributed by atoms with Crippen LogP contribution in [0.2, 0.25) is 0 Å². The number of rotatable bonds is 6. The van der Waals surface area contributed by atoms with Gasteiger partial charge in [0.05, 0.1) is 7.11 Å². The molecule has 1 aromatic rings. The molecule has 0 heterocycles. The van der Waals surface area contributed by atoms with Crippen molar-refractivity contribution in [3.8, 4) is 11.5 Å². The summed E-state index contributed by atoms with van der Waals surface area (Å²) in [5.74, 6) is 0.704. The maximum Gasteiger partial charge on any atom is 0.387 e. The van der Waals surface area contributed by atoms with E-state index in [1.54, 1.807) is 12.1 Å². The fourth-order valence-corrected chi connectivity index (χ4v) is 1.71. The highest BCUT2D eigenvalue weighted by molar-refractivity contribution is 6.19. The predicted molar refractivity (Wildman–Crippen MR) is 68.6 cm³/mol. The molecule has 0 aromatic heterocycles. The summed E-state index contributed by atoms with van der Waals surface area (Å²) in [5, 5.41) is 0. The smallest absolute Gasteiger partial charge is 0.387 e. The maximum atomic E-state index is 12.2. The lowest BCUT2D eigenvalue weighted by Gasteiger charge is -2.10. The quantitative estimate of drug-likeness (QED) is 0.720. The number of ether oxygens (including phenoxy) is 2. The minimum absolute atomic E-state index is 0.0197. The van der Waals surface area contributed by atoms with E-state index in [0.29, 0.717) is 5.88 Å². The van der Waals surface area contributed by atoms with Gasteiger partial charge in [-0.2, -0.15) is 8.78 Å². The third-order valence-electron chi connectivity index (χ3n) is 2.40. The Hall–Kier alpha value is -1.29. The van der Waals surface area contributed by atoms with Gasteiger partial charge in [-0.15, -0.1) is 11.6 Å². The van der Waals surface area contributed by atoms with Gasteiger partial charge in [0.15, 0.2) is 11.5 Å². The van der Waals surface area contributed by atoms with E-state index in [9.17, 15) is 8.78 Å². The number of alkyl halides is 3. The molecule has 0 atom stereocenters. The fourth-order valence-electron chi connectivity index (χ4n) is 1.44. The van der Waals surface area contributed by atoms with E-state index in [1.807, 2.05) is 13.0 Å². The SMILES string of the molecule is CCC(=Cc1ccc(OC)c(OC(F)F)c1)CCl.